The molecule has 0 spiro atoms. The first-order valence-electron chi connectivity index (χ1n) is 6.67. The third-order valence-corrected chi connectivity index (χ3v) is 6.07. The highest BCUT2D eigenvalue weighted by molar-refractivity contribution is 6.52. The number of benzene rings is 1. The summed E-state index contributed by atoms with van der Waals surface area (Å²) in [5, 5.41) is 0. The van der Waals surface area contributed by atoms with E-state index in [0.29, 0.717) is 18.4 Å². The van der Waals surface area contributed by atoms with Crippen molar-refractivity contribution in [1.29, 1.82) is 0 Å². The lowest BCUT2D eigenvalue weighted by molar-refractivity contribution is -0.137. The molecule has 0 heterocycles. The minimum Gasteiger partial charge on any atom is -0.326 e. The standard InChI is InChI=1S/C14H15Cl2F3N2/c15-13(16)11-5-9(20)10(21)6-12(11,13)7-2-1-3-8(4-7)14(17,18)19/h1-4,9-11H,5-6,20-21H2. The molecule has 7 heteroatoms. The van der Waals surface area contributed by atoms with Gasteiger partial charge in [-0.2, -0.15) is 13.2 Å². The number of fused-ring (bicyclic) bond motifs is 1. The van der Waals surface area contributed by atoms with Gasteiger partial charge < -0.3 is 11.5 Å². The minimum absolute atomic E-state index is 0.161. The zero-order chi connectivity index (χ0) is 15.6. The zero-order valence-electron chi connectivity index (χ0n) is 11.0. The predicted octanol–water partition coefficient (Wildman–Crippen LogP) is 3.20. The molecule has 2 aliphatic rings. The van der Waals surface area contributed by atoms with E-state index >= 15 is 0 Å². The van der Waals surface area contributed by atoms with E-state index in [1.807, 2.05) is 0 Å². The van der Waals surface area contributed by atoms with Gasteiger partial charge in [0.05, 0.1) is 5.56 Å². The van der Waals surface area contributed by atoms with Crippen molar-refractivity contribution >= 4 is 23.2 Å². The third-order valence-electron chi connectivity index (χ3n) is 4.86. The Labute approximate surface area is 130 Å². The van der Waals surface area contributed by atoms with Crippen LogP contribution in [0, 0.1) is 5.92 Å². The summed E-state index contributed by atoms with van der Waals surface area (Å²) in [6.45, 7) is 0. The van der Waals surface area contributed by atoms with Crippen LogP contribution in [0.2, 0.25) is 0 Å². The average molecular weight is 339 g/mol. The van der Waals surface area contributed by atoms with Crippen molar-refractivity contribution in [2.45, 2.75) is 40.8 Å². The number of hydrogen-bond acceptors (Lipinski definition) is 2. The number of halogens is 5. The lowest BCUT2D eigenvalue weighted by Crippen LogP contribution is -2.47. The fourth-order valence-electron chi connectivity index (χ4n) is 3.61. The van der Waals surface area contributed by atoms with Gasteiger partial charge >= 0.3 is 6.18 Å². The van der Waals surface area contributed by atoms with E-state index in [0.717, 1.165) is 12.1 Å². The molecule has 21 heavy (non-hydrogen) atoms. The van der Waals surface area contributed by atoms with E-state index < -0.39 is 21.5 Å². The van der Waals surface area contributed by atoms with E-state index in [1.165, 1.54) is 6.07 Å². The summed E-state index contributed by atoms with van der Waals surface area (Å²) >= 11 is 12.8. The van der Waals surface area contributed by atoms with Crippen LogP contribution in [0.1, 0.15) is 24.0 Å². The van der Waals surface area contributed by atoms with Crippen LogP contribution < -0.4 is 11.5 Å². The monoisotopic (exact) mass is 338 g/mol. The predicted molar refractivity (Wildman–Crippen MR) is 76.2 cm³/mol. The van der Waals surface area contributed by atoms with Crippen molar-refractivity contribution in [3.8, 4) is 0 Å². The van der Waals surface area contributed by atoms with Crippen LogP contribution in [-0.4, -0.2) is 16.4 Å². The maximum atomic E-state index is 12.9. The van der Waals surface area contributed by atoms with E-state index in [9.17, 15) is 13.2 Å². The van der Waals surface area contributed by atoms with Crippen molar-refractivity contribution in [3.63, 3.8) is 0 Å². The zero-order valence-corrected chi connectivity index (χ0v) is 12.5. The number of rotatable bonds is 1. The van der Waals surface area contributed by atoms with Crippen LogP contribution in [0.3, 0.4) is 0 Å². The van der Waals surface area contributed by atoms with Crippen molar-refractivity contribution < 1.29 is 13.2 Å². The first-order valence-corrected chi connectivity index (χ1v) is 7.43. The van der Waals surface area contributed by atoms with Crippen LogP contribution in [0.15, 0.2) is 24.3 Å². The molecule has 2 saturated carbocycles. The summed E-state index contributed by atoms with van der Waals surface area (Å²) in [5.41, 5.74) is 11.0. The van der Waals surface area contributed by atoms with Gasteiger partial charge in [-0.25, -0.2) is 0 Å². The number of hydrogen-bond donors (Lipinski definition) is 2. The highest BCUT2D eigenvalue weighted by Crippen LogP contribution is 2.74. The lowest BCUT2D eigenvalue weighted by Gasteiger charge is -2.31. The number of alkyl halides is 5. The normalized spacial score (nSPS) is 38.0. The van der Waals surface area contributed by atoms with Gasteiger partial charge in [-0.1, -0.05) is 18.2 Å². The molecule has 0 amide bonds. The molecule has 116 valence electrons. The summed E-state index contributed by atoms with van der Waals surface area (Å²) < 4.78 is 37.6. The summed E-state index contributed by atoms with van der Waals surface area (Å²) in [4.78, 5) is 0. The van der Waals surface area contributed by atoms with Crippen molar-refractivity contribution in [2.24, 2.45) is 17.4 Å². The molecule has 0 saturated heterocycles. The van der Waals surface area contributed by atoms with E-state index in [4.69, 9.17) is 34.7 Å². The lowest BCUT2D eigenvalue weighted by atomic mass is 9.78. The van der Waals surface area contributed by atoms with Gasteiger partial charge in [0.25, 0.3) is 0 Å². The van der Waals surface area contributed by atoms with Crippen LogP contribution in [0.4, 0.5) is 13.2 Å². The smallest absolute Gasteiger partial charge is 0.326 e. The summed E-state index contributed by atoms with van der Waals surface area (Å²) in [6, 6.07) is 4.63. The molecule has 1 aromatic carbocycles. The molecule has 0 radical (unpaired) electrons. The molecule has 4 atom stereocenters. The first-order chi connectivity index (χ1) is 9.60. The van der Waals surface area contributed by atoms with Crippen molar-refractivity contribution in [3.05, 3.63) is 35.4 Å². The van der Waals surface area contributed by atoms with Crippen LogP contribution >= 0.6 is 23.2 Å². The van der Waals surface area contributed by atoms with Gasteiger partial charge in [-0.15, -0.1) is 23.2 Å². The maximum absolute atomic E-state index is 12.9. The molecule has 1 aromatic rings. The Hall–Kier alpha value is -0.490. The van der Waals surface area contributed by atoms with Gasteiger partial charge in [0.2, 0.25) is 0 Å². The molecule has 0 bridgehead atoms. The van der Waals surface area contributed by atoms with Gasteiger partial charge in [-0.05, 0) is 24.5 Å². The molecule has 2 fully saturated rings. The minimum atomic E-state index is -4.40. The Morgan fingerprint density at radius 2 is 1.81 bits per heavy atom. The molecule has 0 aliphatic heterocycles. The first kappa shape index (κ1) is 15.4. The Morgan fingerprint density at radius 1 is 1.14 bits per heavy atom. The molecule has 0 aromatic heterocycles. The second-order valence-corrected chi connectivity index (χ2v) is 7.38. The highest BCUT2D eigenvalue weighted by Gasteiger charge is 2.78. The Balaban J connectivity index is 2.04. The van der Waals surface area contributed by atoms with Crippen molar-refractivity contribution in [1.82, 2.24) is 0 Å². The Bertz CT molecular complexity index is 576. The fraction of sp³-hybridized carbons (Fsp3) is 0.571. The highest BCUT2D eigenvalue weighted by atomic mass is 35.5. The maximum Gasteiger partial charge on any atom is 0.416 e. The van der Waals surface area contributed by atoms with Gasteiger partial charge in [0.15, 0.2) is 0 Å². The average Bonchev–Trinajstić information content (AvgIpc) is 2.86. The van der Waals surface area contributed by atoms with Gasteiger partial charge in [-0.3, -0.25) is 0 Å². The SMILES string of the molecule is NC1CC2C(Cl)(Cl)C2(c2cccc(C(F)(F)F)c2)CC1N. The van der Waals surface area contributed by atoms with Crippen LogP contribution in [0.5, 0.6) is 0 Å². The second-order valence-electron chi connectivity index (χ2n) is 5.99. The summed E-state index contributed by atoms with van der Waals surface area (Å²) in [5.74, 6) is -0.161. The third kappa shape index (κ3) is 2.09. The van der Waals surface area contributed by atoms with Crippen molar-refractivity contribution in [2.75, 3.05) is 0 Å². The van der Waals surface area contributed by atoms with E-state index in [2.05, 4.69) is 0 Å². The molecule has 4 unspecified atom stereocenters. The number of nitrogens with two attached hydrogens (primary N) is 2. The van der Waals surface area contributed by atoms with Crippen LogP contribution in [0.25, 0.3) is 0 Å². The molecule has 2 aliphatic carbocycles. The topological polar surface area (TPSA) is 52.0 Å². The molecule has 3 rings (SSSR count). The van der Waals surface area contributed by atoms with Crippen LogP contribution in [-0.2, 0) is 11.6 Å². The van der Waals surface area contributed by atoms with Gasteiger partial charge in [0.1, 0.15) is 4.33 Å². The van der Waals surface area contributed by atoms with E-state index in [1.54, 1.807) is 6.07 Å². The largest absolute Gasteiger partial charge is 0.416 e. The Morgan fingerprint density at radius 3 is 2.43 bits per heavy atom. The quantitative estimate of drug-likeness (QED) is 0.772. The summed E-state index contributed by atoms with van der Waals surface area (Å²) in [7, 11) is 0. The molecular weight excluding hydrogens is 324 g/mol. The fourth-order valence-corrected chi connectivity index (χ4v) is 4.69. The molecule has 2 nitrogen and oxygen atoms in total. The summed E-state index contributed by atoms with van der Waals surface area (Å²) in [6.07, 6.45) is -3.48. The molecular formula is C14H15Cl2F3N2. The molecule has 4 N–H and O–H groups in total. The van der Waals surface area contributed by atoms with E-state index in [-0.39, 0.29) is 18.0 Å². The Kier molecular flexibility index (Phi) is 3.31. The second kappa shape index (κ2) is 4.51. The van der Waals surface area contributed by atoms with Gasteiger partial charge in [0, 0.05) is 23.4 Å².